The Kier molecular flexibility index (Phi) is 4.41. The minimum Gasteiger partial charge on any atom is -0.444 e. The number of aromatic nitrogens is 1. The van der Waals surface area contributed by atoms with Gasteiger partial charge in [0.2, 0.25) is 0 Å². The van der Waals surface area contributed by atoms with Gasteiger partial charge in [-0.15, -0.1) is 0 Å². The maximum absolute atomic E-state index is 12.4. The zero-order chi connectivity index (χ0) is 16.6. The number of nitrogens with zero attached hydrogens (tertiary/aromatic N) is 2. The van der Waals surface area contributed by atoms with Gasteiger partial charge in [-0.2, -0.15) is 0 Å². The van der Waals surface area contributed by atoms with Crippen molar-refractivity contribution in [3.63, 3.8) is 0 Å². The van der Waals surface area contributed by atoms with Gasteiger partial charge in [0.1, 0.15) is 10.8 Å². The van der Waals surface area contributed by atoms with Gasteiger partial charge in [-0.3, -0.25) is 0 Å². The van der Waals surface area contributed by atoms with Crippen LogP contribution in [0, 0.1) is 0 Å². The first-order valence-corrected chi connectivity index (χ1v) is 8.59. The first-order chi connectivity index (χ1) is 10.8. The van der Waals surface area contributed by atoms with E-state index in [9.17, 15) is 4.79 Å². The third-order valence-electron chi connectivity index (χ3n) is 4.44. The Morgan fingerprint density at radius 2 is 1.96 bits per heavy atom. The Morgan fingerprint density at radius 3 is 2.48 bits per heavy atom. The molecule has 0 aromatic carbocycles. The van der Waals surface area contributed by atoms with E-state index in [1.165, 1.54) is 0 Å². The predicted octanol–water partition coefficient (Wildman–Crippen LogP) is 4.08. The van der Waals surface area contributed by atoms with Crippen LogP contribution >= 0.6 is 11.6 Å². The lowest BCUT2D eigenvalue weighted by Crippen LogP contribution is -2.51. The van der Waals surface area contributed by atoms with E-state index in [1.54, 1.807) is 12.3 Å². The molecule has 2 bridgehead atoms. The summed E-state index contributed by atoms with van der Waals surface area (Å²) < 4.78 is 5.57. The van der Waals surface area contributed by atoms with Gasteiger partial charge in [0.05, 0.1) is 11.9 Å². The number of carbonyl (C=O) groups is 1. The molecule has 0 spiro atoms. The van der Waals surface area contributed by atoms with E-state index in [-0.39, 0.29) is 18.2 Å². The molecule has 2 unspecified atom stereocenters. The minimum atomic E-state index is -0.444. The van der Waals surface area contributed by atoms with Gasteiger partial charge >= 0.3 is 6.09 Å². The lowest BCUT2D eigenvalue weighted by atomic mass is 9.97. The zero-order valence-corrected chi connectivity index (χ0v) is 14.6. The molecule has 6 heteroatoms. The van der Waals surface area contributed by atoms with Crippen LogP contribution in [-0.4, -0.2) is 39.7 Å². The van der Waals surface area contributed by atoms with Gasteiger partial charge in [-0.05, 0) is 58.6 Å². The average molecular weight is 338 g/mol. The zero-order valence-electron chi connectivity index (χ0n) is 13.9. The Labute approximate surface area is 142 Å². The molecule has 2 atom stereocenters. The normalized spacial score (nSPS) is 27.0. The number of amides is 1. The predicted molar refractivity (Wildman–Crippen MR) is 90.8 cm³/mol. The molecular weight excluding hydrogens is 314 g/mol. The number of fused-ring (bicyclic) bond motifs is 2. The molecule has 3 heterocycles. The van der Waals surface area contributed by atoms with E-state index in [0.29, 0.717) is 11.2 Å². The highest BCUT2D eigenvalue weighted by Crippen LogP contribution is 2.37. The molecule has 0 saturated carbocycles. The van der Waals surface area contributed by atoms with Gasteiger partial charge in [0.25, 0.3) is 0 Å². The average Bonchev–Trinajstić information content (AvgIpc) is 2.72. The van der Waals surface area contributed by atoms with Crippen molar-refractivity contribution in [3.05, 3.63) is 23.5 Å². The smallest absolute Gasteiger partial charge is 0.410 e. The molecule has 1 aromatic rings. The third kappa shape index (κ3) is 3.89. The molecule has 2 aliphatic rings. The molecule has 23 heavy (non-hydrogen) atoms. The van der Waals surface area contributed by atoms with Crippen LogP contribution in [0.25, 0.3) is 0 Å². The van der Waals surface area contributed by atoms with Crippen molar-refractivity contribution in [1.29, 1.82) is 0 Å². The minimum absolute atomic E-state index is 0.170. The number of carbonyl (C=O) groups excluding carboxylic acids is 1. The maximum atomic E-state index is 12.4. The second kappa shape index (κ2) is 6.19. The molecule has 1 N–H and O–H groups in total. The molecule has 2 saturated heterocycles. The Balaban J connectivity index is 1.62. The maximum Gasteiger partial charge on any atom is 0.410 e. The van der Waals surface area contributed by atoms with Crippen molar-refractivity contribution >= 4 is 23.4 Å². The quantitative estimate of drug-likeness (QED) is 0.826. The molecular formula is C17H24ClN3O2. The summed E-state index contributed by atoms with van der Waals surface area (Å²) in [6.07, 6.45) is 5.58. The molecule has 3 rings (SSSR count). The fourth-order valence-corrected chi connectivity index (χ4v) is 3.72. The standard InChI is InChI=1S/C17H24ClN3O2/c1-17(2,3)23-16(22)21-13-5-6-14(21)9-12(8-13)20-11-4-7-15(18)19-10-11/h4,7,10,12-14,20H,5-6,8-9H2,1-3H3. The fourth-order valence-electron chi connectivity index (χ4n) is 3.60. The van der Waals surface area contributed by atoms with E-state index in [1.807, 2.05) is 31.7 Å². The molecule has 126 valence electrons. The molecule has 1 amide bonds. The van der Waals surface area contributed by atoms with Crippen molar-refractivity contribution in [1.82, 2.24) is 9.88 Å². The van der Waals surface area contributed by atoms with Crippen LogP contribution in [0.2, 0.25) is 5.15 Å². The first kappa shape index (κ1) is 16.4. The number of pyridine rings is 1. The summed E-state index contributed by atoms with van der Waals surface area (Å²) in [5, 5.41) is 4.01. The van der Waals surface area contributed by atoms with Crippen LogP contribution in [0.15, 0.2) is 18.3 Å². The summed E-state index contributed by atoms with van der Waals surface area (Å²) in [6.45, 7) is 5.73. The number of piperidine rings is 1. The van der Waals surface area contributed by atoms with Crippen LogP contribution in [0.3, 0.4) is 0 Å². The van der Waals surface area contributed by atoms with Crippen LogP contribution in [0.5, 0.6) is 0 Å². The van der Waals surface area contributed by atoms with Crippen LogP contribution in [0.1, 0.15) is 46.5 Å². The molecule has 5 nitrogen and oxygen atoms in total. The Hall–Kier alpha value is -1.49. The number of hydrogen-bond donors (Lipinski definition) is 1. The van der Waals surface area contributed by atoms with Crippen molar-refractivity contribution < 1.29 is 9.53 Å². The SMILES string of the molecule is CC(C)(C)OC(=O)N1C2CCC1CC(Nc1ccc(Cl)nc1)C2. The van der Waals surface area contributed by atoms with Crippen molar-refractivity contribution in [2.75, 3.05) is 5.32 Å². The first-order valence-electron chi connectivity index (χ1n) is 8.21. The van der Waals surface area contributed by atoms with E-state index in [0.717, 1.165) is 31.4 Å². The second-order valence-corrected chi connectivity index (χ2v) is 7.84. The third-order valence-corrected chi connectivity index (χ3v) is 4.66. The van der Waals surface area contributed by atoms with E-state index >= 15 is 0 Å². The molecule has 0 aliphatic carbocycles. The van der Waals surface area contributed by atoms with E-state index < -0.39 is 5.60 Å². The summed E-state index contributed by atoms with van der Waals surface area (Å²) in [5.74, 6) is 0. The molecule has 1 aromatic heterocycles. The summed E-state index contributed by atoms with van der Waals surface area (Å²) in [4.78, 5) is 18.5. The van der Waals surface area contributed by atoms with Crippen molar-refractivity contribution in [2.45, 2.75) is 70.2 Å². The van der Waals surface area contributed by atoms with Gasteiger partial charge < -0.3 is 15.0 Å². The molecule has 2 aliphatic heterocycles. The fraction of sp³-hybridized carbons (Fsp3) is 0.647. The van der Waals surface area contributed by atoms with Gasteiger partial charge in [0, 0.05) is 18.1 Å². The monoisotopic (exact) mass is 337 g/mol. The summed E-state index contributed by atoms with van der Waals surface area (Å²) in [6, 6.07) is 4.61. The van der Waals surface area contributed by atoms with Gasteiger partial charge in [0.15, 0.2) is 0 Å². The summed E-state index contributed by atoms with van der Waals surface area (Å²) in [7, 11) is 0. The van der Waals surface area contributed by atoms with Crippen LogP contribution < -0.4 is 5.32 Å². The largest absolute Gasteiger partial charge is 0.444 e. The number of nitrogens with one attached hydrogen (secondary N) is 1. The lowest BCUT2D eigenvalue weighted by Gasteiger charge is -2.40. The number of halogens is 1. The topological polar surface area (TPSA) is 54.5 Å². The van der Waals surface area contributed by atoms with Crippen molar-refractivity contribution in [3.8, 4) is 0 Å². The second-order valence-electron chi connectivity index (χ2n) is 7.45. The number of rotatable bonds is 2. The lowest BCUT2D eigenvalue weighted by molar-refractivity contribution is 0.00684. The summed E-state index contributed by atoms with van der Waals surface area (Å²) >= 11 is 5.82. The van der Waals surface area contributed by atoms with Gasteiger partial charge in [-0.1, -0.05) is 11.6 Å². The van der Waals surface area contributed by atoms with Crippen LogP contribution in [0.4, 0.5) is 10.5 Å². The number of anilines is 1. The number of ether oxygens (including phenoxy) is 1. The Bertz CT molecular complexity index is 556. The van der Waals surface area contributed by atoms with Crippen molar-refractivity contribution in [2.24, 2.45) is 0 Å². The van der Waals surface area contributed by atoms with E-state index in [4.69, 9.17) is 16.3 Å². The highest BCUT2D eigenvalue weighted by Gasteiger charge is 2.44. The number of hydrogen-bond acceptors (Lipinski definition) is 4. The molecule has 0 radical (unpaired) electrons. The highest BCUT2D eigenvalue weighted by molar-refractivity contribution is 6.29. The van der Waals surface area contributed by atoms with Gasteiger partial charge in [-0.25, -0.2) is 9.78 Å². The van der Waals surface area contributed by atoms with E-state index in [2.05, 4.69) is 10.3 Å². The Morgan fingerprint density at radius 1 is 1.30 bits per heavy atom. The highest BCUT2D eigenvalue weighted by atomic mass is 35.5. The summed E-state index contributed by atoms with van der Waals surface area (Å²) in [5.41, 5.74) is 0.533. The van der Waals surface area contributed by atoms with Crippen LogP contribution in [-0.2, 0) is 4.74 Å². The molecule has 2 fully saturated rings.